The van der Waals surface area contributed by atoms with E-state index >= 15 is 0 Å². The van der Waals surface area contributed by atoms with Crippen molar-refractivity contribution in [1.82, 2.24) is 5.32 Å². The molecule has 0 unspecified atom stereocenters. The fourth-order valence-corrected chi connectivity index (χ4v) is 1.96. The predicted molar refractivity (Wildman–Crippen MR) is 106 cm³/mol. The van der Waals surface area contributed by atoms with E-state index in [-0.39, 0.29) is 88.7 Å². The van der Waals surface area contributed by atoms with Crippen LogP contribution in [0.1, 0.15) is 91.9 Å². The predicted octanol–water partition coefficient (Wildman–Crippen LogP) is -9.26. The maximum absolute atomic E-state index is 8.89. The minimum absolute atomic E-state index is 0. The van der Waals surface area contributed by atoms with E-state index in [1.165, 1.54) is 64.2 Å². The van der Waals surface area contributed by atoms with Crippen molar-refractivity contribution in [2.45, 2.75) is 91.9 Å². The Bertz CT molecular complexity index is 298. The molecule has 0 aliphatic rings. The minimum Gasteiger partial charge on any atom is -0.550 e. The molecule has 0 radical (unpaired) electrons. The molecule has 0 heterocycles. The Balaban J connectivity index is -0.0000000640. The van der Waals surface area contributed by atoms with Crippen molar-refractivity contribution in [2.75, 3.05) is 19.6 Å². The Morgan fingerprint density at radius 3 is 1.13 bits per heavy atom. The van der Waals surface area contributed by atoms with E-state index < -0.39 is 17.9 Å². The van der Waals surface area contributed by atoms with Crippen molar-refractivity contribution < 1.29 is 118 Å². The number of nitrogens with one attached hydrogen (secondary N) is 1. The number of carbonyl (C=O) groups is 3. The van der Waals surface area contributed by atoms with Gasteiger partial charge in [-0.1, -0.05) is 64.7 Å². The molecule has 0 rings (SSSR count). The van der Waals surface area contributed by atoms with Crippen LogP contribution < -0.4 is 115 Å². The fourth-order valence-electron chi connectivity index (χ4n) is 1.96. The van der Waals surface area contributed by atoms with Gasteiger partial charge in [0.1, 0.15) is 0 Å². The Morgan fingerprint density at radius 1 is 0.613 bits per heavy atom. The zero-order chi connectivity index (χ0) is 22.6. The summed E-state index contributed by atoms with van der Waals surface area (Å²) < 4.78 is 0. The molecule has 0 aromatic carbocycles. The number of unbranched alkanes of at least 4 members (excludes halogenated alkanes) is 9. The number of carbonyl (C=O) groups excluding carboxylic acids is 3. The summed E-state index contributed by atoms with van der Waals surface area (Å²) in [7, 11) is 0. The summed E-state index contributed by atoms with van der Waals surface area (Å²) in [6.45, 7) is 8.07. The number of hydrogen-bond acceptors (Lipinski definition) is 8. The second-order valence-corrected chi connectivity index (χ2v) is 6.20. The number of aliphatic carboxylic acids is 3. The Hall–Kier alpha value is 1.33. The van der Waals surface area contributed by atoms with Crippen LogP contribution in [0.25, 0.3) is 0 Å². The standard InChI is InChI=1S/C14H32N2.3C2H4O2.3Na/c1-2-3-4-5-6-7-8-9-10-11-13-16-14-12-15;3*1-2(3)4;;;/h16H,2-15H2,1H3;3*1H3,(H,3,4);;;/q;;;;3*+1/p-3. The van der Waals surface area contributed by atoms with Crippen LogP contribution in [-0.4, -0.2) is 37.5 Å². The second kappa shape index (κ2) is 48.7. The van der Waals surface area contributed by atoms with Gasteiger partial charge in [0.2, 0.25) is 0 Å². The quantitative estimate of drug-likeness (QED) is 0.197. The average Bonchev–Trinajstić information content (AvgIpc) is 2.54. The molecule has 0 atom stereocenters. The van der Waals surface area contributed by atoms with Crippen LogP contribution in [0.15, 0.2) is 0 Å². The van der Waals surface area contributed by atoms with Crippen LogP contribution in [-0.2, 0) is 14.4 Å². The van der Waals surface area contributed by atoms with Gasteiger partial charge in [0.15, 0.2) is 0 Å². The van der Waals surface area contributed by atoms with E-state index in [1.54, 1.807) is 0 Å². The molecule has 8 nitrogen and oxygen atoms in total. The van der Waals surface area contributed by atoms with Gasteiger partial charge in [0, 0.05) is 31.0 Å². The first kappa shape index (κ1) is 49.5. The molecule has 3 N–H and O–H groups in total. The van der Waals surface area contributed by atoms with Gasteiger partial charge in [-0.25, -0.2) is 0 Å². The SMILES string of the molecule is CC(=O)[O-].CC(=O)[O-].CC(=O)[O-].CCCCCCCCCCCCNCCN.[Na+].[Na+].[Na+]. The van der Waals surface area contributed by atoms with Gasteiger partial charge in [0.25, 0.3) is 0 Å². The van der Waals surface area contributed by atoms with Crippen LogP contribution in [0.3, 0.4) is 0 Å². The van der Waals surface area contributed by atoms with Gasteiger partial charge < -0.3 is 40.8 Å². The maximum atomic E-state index is 8.89. The monoisotopic (exact) mass is 474 g/mol. The van der Waals surface area contributed by atoms with E-state index in [2.05, 4.69) is 12.2 Å². The third kappa shape index (κ3) is 131. The van der Waals surface area contributed by atoms with Crippen molar-refractivity contribution in [3.63, 3.8) is 0 Å². The van der Waals surface area contributed by atoms with Crippen LogP contribution in [0.5, 0.6) is 0 Å². The first-order valence-electron chi connectivity index (χ1n) is 10.0. The Kier molecular flexibility index (Phi) is 77.7. The molecule has 0 fully saturated rings. The van der Waals surface area contributed by atoms with Crippen molar-refractivity contribution >= 4 is 17.9 Å². The molecule has 170 valence electrons. The average molecular weight is 475 g/mol. The van der Waals surface area contributed by atoms with Crippen LogP contribution in [0.4, 0.5) is 0 Å². The molecular weight excluding hydrogens is 433 g/mol. The molecule has 0 aromatic heterocycles. The molecule has 31 heavy (non-hydrogen) atoms. The first-order chi connectivity index (χ1) is 13.1. The summed E-state index contributed by atoms with van der Waals surface area (Å²) in [5.74, 6) is -3.25. The fraction of sp³-hybridized carbons (Fsp3) is 0.850. The number of rotatable bonds is 13. The van der Waals surface area contributed by atoms with Crippen molar-refractivity contribution in [3.8, 4) is 0 Å². The molecule has 0 aliphatic carbocycles. The number of nitrogens with two attached hydrogens (primary N) is 1. The van der Waals surface area contributed by atoms with E-state index in [1.807, 2.05) is 0 Å². The molecule has 0 saturated carbocycles. The van der Waals surface area contributed by atoms with E-state index in [4.69, 9.17) is 35.4 Å². The van der Waals surface area contributed by atoms with Crippen molar-refractivity contribution in [2.24, 2.45) is 5.73 Å². The minimum atomic E-state index is -1.08. The van der Waals surface area contributed by atoms with E-state index in [9.17, 15) is 0 Å². The number of carboxylic acids is 3. The summed E-state index contributed by atoms with van der Waals surface area (Å²) in [5.41, 5.74) is 5.40. The molecule has 11 heteroatoms. The topological polar surface area (TPSA) is 158 Å². The van der Waals surface area contributed by atoms with Gasteiger partial charge >= 0.3 is 88.7 Å². The smallest absolute Gasteiger partial charge is 0.550 e. The van der Waals surface area contributed by atoms with Gasteiger partial charge in [-0.3, -0.25) is 0 Å². The molecule has 0 aromatic rings. The first-order valence-corrected chi connectivity index (χ1v) is 10.0. The summed E-state index contributed by atoms with van der Waals surface area (Å²) in [6.07, 6.45) is 14.1. The molecule has 0 bridgehead atoms. The van der Waals surface area contributed by atoms with Gasteiger partial charge in [-0.05, 0) is 33.7 Å². The van der Waals surface area contributed by atoms with Gasteiger partial charge in [-0.2, -0.15) is 0 Å². The third-order valence-corrected chi connectivity index (χ3v) is 3.03. The molecular formula is C20H41N2Na3O6. The van der Waals surface area contributed by atoms with Gasteiger partial charge in [0.05, 0.1) is 0 Å². The summed E-state index contributed by atoms with van der Waals surface area (Å²) >= 11 is 0. The van der Waals surface area contributed by atoms with Crippen LogP contribution in [0, 0.1) is 0 Å². The maximum Gasteiger partial charge on any atom is 1.00 e. The Morgan fingerprint density at radius 2 is 0.871 bits per heavy atom. The zero-order valence-corrected chi connectivity index (χ0v) is 27.2. The molecule has 0 spiro atoms. The largest absolute Gasteiger partial charge is 1.00 e. The van der Waals surface area contributed by atoms with Gasteiger partial charge in [-0.15, -0.1) is 0 Å². The zero-order valence-electron chi connectivity index (χ0n) is 21.2. The number of hydrogen-bond donors (Lipinski definition) is 2. The Labute approximate surface area is 256 Å². The summed E-state index contributed by atoms with van der Waals surface area (Å²) in [4.78, 5) is 26.7. The molecule has 0 aliphatic heterocycles. The van der Waals surface area contributed by atoms with E-state index in [0.29, 0.717) is 0 Å². The van der Waals surface area contributed by atoms with Crippen LogP contribution >= 0.6 is 0 Å². The third-order valence-electron chi connectivity index (χ3n) is 3.03. The summed E-state index contributed by atoms with van der Waals surface area (Å²) in [6, 6.07) is 0. The summed E-state index contributed by atoms with van der Waals surface area (Å²) in [5, 5.41) is 30.0. The van der Waals surface area contributed by atoms with Crippen molar-refractivity contribution in [1.29, 1.82) is 0 Å². The number of carboxylic acid groups (broad SMARTS) is 3. The molecule has 0 saturated heterocycles. The van der Waals surface area contributed by atoms with Crippen molar-refractivity contribution in [3.05, 3.63) is 0 Å². The van der Waals surface area contributed by atoms with Crippen LogP contribution in [0.2, 0.25) is 0 Å². The second-order valence-electron chi connectivity index (χ2n) is 6.20. The molecule has 0 amide bonds. The van der Waals surface area contributed by atoms with E-state index in [0.717, 1.165) is 40.4 Å². The normalized spacial score (nSPS) is 8.03.